The van der Waals surface area contributed by atoms with E-state index in [-0.39, 0.29) is 0 Å². The van der Waals surface area contributed by atoms with Gasteiger partial charge in [-0.15, -0.1) is 11.3 Å². The molecule has 1 aromatic carbocycles. The van der Waals surface area contributed by atoms with Crippen LogP contribution < -0.4 is 14.5 Å². The number of ether oxygens (including phenoxy) is 2. The Labute approximate surface area is 129 Å². The summed E-state index contributed by atoms with van der Waals surface area (Å²) in [6.07, 6.45) is 2.72. The summed E-state index contributed by atoms with van der Waals surface area (Å²) in [6.45, 7) is 3.30. The molecule has 114 valence electrons. The molecule has 0 unspecified atom stereocenters. The van der Waals surface area contributed by atoms with E-state index < -0.39 is 0 Å². The van der Waals surface area contributed by atoms with Crippen LogP contribution in [0.4, 0.5) is 5.13 Å². The van der Waals surface area contributed by atoms with E-state index in [9.17, 15) is 0 Å². The molecule has 0 spiro atoms. The molecular formula is C15H20N2O3S. The largest absolute Gasteiger partial charge is 0.497 e. The molecule has 0 aliphatic carbocycles. The number of aromatic nitrogens is 1. The van der Waals surface area contributed by atoms with Gasteiger partial charge in [-0.25, -0.2) is 10.0 Å². The minimum Gasteiger partial charge on any atom is -0.497 e. The van der Waals surface area contributed by atoms with Crippen molar-refractivity contribution in [2.45, 2.75) is 19.9 Å². The number of thiazole rings is 1. The fraction of sp³-hybridized carbons (Fsp3) is 0.400. The standard InChI is InChI=1S/C15H20N2O3S/c1-4-8-20-17(15-16-7-9-21-15)11-12-5-6-13(18-2)10-14(12)19-3/h5-7,9-10H,4,8,11H2,1-3H3. The topological polar surface area (TPSA) is 43.8 Å². The molecule has 1 heterocycles. The van der Waals surface area contributed by atoms with E-state index in [2.05, 4.69) is 11.9 Å². The summed E-state index contributed by atoms with van der Waals surface area (Å²) in [4.78, 5) is 10.1. The summed E-state index contributed by atoms with van der Waals surface area (Å²) in [5.74, 6) is 1.54. The van der Waals surface area contributed by atoms with E-state index in [1.54, 1.807) is 36.8 Å². The number of nitrogens with zero attached hydrogens (tertiary/aromatic N) is 2. The second-order valence-corrected chi connectivity index (χ2v) is 5.24. The van der Waals surface area contributed by atoms with Gasteiger partial charge in [-0.2, -0.15) is 0 Å². The fourth-order valence-corrected chi connectivity index (χ4v) is 2.45. The minimum absolute atomic E-state index is 0.570. The molecule has 0 radical (unpaired) electrons. The average molecular weight is 308 g/mol. The molecule has 0 saturated heterocycles. The smallest absolute Gasteiger partial charge is 0.209 e. The van der Waals surface area contributed by atoms with Gasteiger partial charge in [-0.05, 0) is 18.6 Å². The molecule has 0 aliphatic heterocycles. The van der Waals surface area contributed by atoms with Gasteiger partial charge < -0.3 is 9.47 Å². The van der Waals surface area contributed by atoms with Gasteiger partial charge in [0.2, 0.25) is 5.13 Å². The highest BCUT2D eigenvalue weighted by Gasteiger charge is 2.14. The zero-order chi connectivity index (χ0) is 15.1. The first-order valence-electron chi connectivity index (χ1n) is 6.79. The Morgan fingerprint density at radius 2 is 2.10 bits per heavy atom. The Balaban J connectivity index is 2.19. The highest BCUT2D eigenvalue weighted by Crippen LogP contribution is 2.28. The van der Waals surface area contributed by atoms with Crippen molar-refractivity contribution >= 4 is 16.5 Å². The van der Waals surface area contributed by atoms with Gasteiger partial charge in [0, 0.05) is 23.2 Å². The number of hydroxylamine groups is 1. The van der Waals surface area contributed by atoms with Crippen molar-refractivity contribution in [3.63, 3.8) is 0 Å². The molecule has 0 bridgehead atoms. The average Bonchev–Trinajstić information content (AvgIpc) is 3.05. The van der Waals surface area contributed by atoms with Gasteiger partial charge in [0.15, 0.2) is 0 Å². The molecule has 0 N–H and O–H groups in total. The number of anilines is 1. The van der Waals surface area contributed by atoms with Crippen molar-refractivity contribution in [2.75, 3.05) is 25.9 Å². The predicted octanol–water partition coefficient (Wildman–Crippen LogP) is 3.51. The third-order valence-electron chi connectivity index (χ3n) is 2.89. The van der Waals surface area contributed by atoms with E-state index in [4.69, 9.17) is 14.3 Å². The van der Waals surface area contributed by atoms with Gasteiger partial charge in [0.1, 0.15) is 11.5 Å². The predicted molar refractivity (Wildman–Crippen MR) is 84.1 cm³/mol. The van der Waals surface area contributed by atoms with E-state index >= 15 is 0 Å². The van der Waals surface area contributed by atoms with Crippen molar-refractivity contribution in [3.8, 4) is 11.5 Å². The third kappa shape index (κ3) is 4.09. The Hall–Kier alpha value is -1.79. The van der Waals surface area contributed by atoms with Crippen molar-refractivity contribution in [3.05, 3.63) is 35.3 Å². The summed E-state index contributed by atoms with van der Waals surface area (Å²) in [5, 5.41) is 4.57. The molecule has 2 aromatic rings. The van der Waals surface area contributed by atoms with Gasteiger partial charge in [-0.3, -0.25) is 4.84 Å². The summed E-state index contributed by atoms with van der Waals surface area (Å²) in [7, 11) is 3.29. The van der Waals surface area contributed by atoms with Gasteiger partial charge in [-0.1, -0.05) is 6.92 Å². The maximum atomic E-state index is 5.79. The number of methoxy groups -OCH3 is 2. The number of benzene rings is 1. The lowest BCUT2D eigenvalue weighted by Gasteiger charge is -2.22. The van der Waals surface area contributed by atoms with Gasteiger partial charge in [0.25, 0.3) is 0 Å². The quantitative estimate of drug-likeness (QED) is 0.698. The molecule has 0 aliphatic rings. The van der Waals surface area contributed by atoms with Crippen molar-refractivity contribution < 1.29 is 14.3 Å². The minimum atomic E-state index is 0.570. The molecular weight excluding hydrogens is 288 g/mol. The van der Waals surface area contributed by atoms with Crippen LogP contribution >= 0.6 is 11.3 Å². The van der Waals surface area contributed by atoms with Crippen LogP contribution in [0.5, 0.6) is 11.5 Å². The van der Waals surface area contributed by atoms with Crippen LogP contribution in [0.25, 0.3) is 0 Å². The number of hydrogen-bond donors (Lipinski definition) is 0. The highest BCUT2D eigenvalue weighted by molar-refractivity contribution is 7.13. The Morgan fingerprint density at radius 3 is 2.71 bits per heavy atom. The van der Waals surface area contributed by atoms with Crippen LogP contribution in [0, 0.1) is 0 Å². The van der Waals surface area contributed by atoms with E-state index in [0.29, 0.717) is 13.2 Å². The van der Waals surface area contributed by atoms with E-state index in [1.165, 1.54) is 0 Å². The Kier molecular flexibility index (Phi) is 5.83. The molecule has 0 atom stereocenters. The lowest BCUT2D eigenvalue weighted by molar-refractivity contribution is 0.104. The van der Waals surface area contributed by atoms with Crippen LogP contribution in [0.2, 0.25) is 0 Å². The summed E-state index contributed by atoms with van der Waals surface area (Å²) < 4.78 is 10.6. The fourth-order valence-electron chi connectivity index (χ4n) is 1.85. The van der Waals surface area contributed by atoms with Gasteiger partial charge in [0.05, 0.1) is 27.4 Å². The molecule has 0 fully saturated rings. The molecule has 5 nitrogen and oxygen atoms in total. The molecule has 21 heavy (non-hydrogen) atoms. The molecule has 0 amide bonds. The van der Waals surface area contributed by atoms with Crippen LogP contribution in [-0.4, -0.2) is 25.8 Å². The lowest BCUT2D eigenvalue weighted by Crippen LogP contribution is -2.23. The van der Waals surface area contributed by atoms with E-state index in [0.717, 1.165) is 28.6 Å². The van der Waals surface area contributed by atoms with Crippen LogP contribution in [0.1, 0.15) is 18.9 Å². The monoisotopic (exact) mass is 308 g/mol. The van der Waals surface area contributed by atoms with Crippen LogP contribution in [0.3, 0.4) is 0 Å². The number of rotatable bonds is 8. The molecule has 0 saturated carbocycles. The SMILES string of the molecule is CCCON(Cc1ccc(OC)cc1OC)c1nccs1. The maximum Gasteiger partial charge on any atom is 0.209 e. The first-order chi connectivity index (χ1) is 10.3. The second-order valence-electron chi connectivity index (χ2n) is 4.36. The third-order valence-corrected chi connectivity index (χ3v) is 3.67. The maximum absolute atomic E-state index is 5.79. The molecule has 6 heteroatoms. The summed E-state index contributed by atoms with van der Waals surface area (Å²) in [5.41, 5.74) is 1.02. The second kappa shape index (κ2) is 7.85. The Morgan fingerprint density at radius 1 is 1.24 bits per heavy atom. The molecule has 1 aromatic heterocycles. The van der Waals surface area contributed by atoms with Crippen molar-refractivity contribution in [2.24, 2.45) is 0 Å². The zero-order valence-corrected chi connectivity index (χ0v) is 13.4. The van der Waals surface area contributed by atoms with E-state index in [1.807, 2.05) is 23.6 Å². The summed E-state index contributed by atoms with van der Waals surface area (Å²) >= 11 is 1.55. The first kappa shape index (κ1) is 15.6. The lowest BCUT2D eigenvalue weighted by atomic mass is 10.2. The normalized spacial score (nSPS) is 10.4. The van der Waals surface area contributed by atoms with Gasteiger partial charge >= 0.3 is 0 Å². The Bertz CT molecular complexity index is 546. The van der Waals surface area contributed by atoms with Crippen LogP contribution in [0.15, 0.2) is 29.8 Å². The highest BCUT2D eigenvalue weighted by atomic mass is 32.1. The first-order valence-corrected chi connectivity index (χ1v) is 7.67. The van der Waals surface area contributed by atoms with Crippen LogP contribution in [-0.2, 0) is 11.4 Å². The number of hydrogen-bond acceptors (Lipinski definition) is 6. The summed E-state index contributed by atoms with van der Waals surface area (Å²) in [6, 6.07) is 5.76. The van der Waals surface area contributed by atoms with Crippen molar-refractivity contribution in [1.29, 1.82) is 0 Å². The molecule has 2 rings (SSSR count). The van der Waals surface area contributed by atoms with Crippen molar-refractivity contribution in [1.82, 2.24) is 4.98 Å². The zero-order valence-electron chi connectivity index (χ0n) is 12.5.